The van der Waals surface area contributed by atoms with Gasteiger partial charge in [0.2, 0.25) is 17.7 Å². The number of nitrogens with zero attached hydrogens (tertiary/aromatic N) is 6. The molecular weight excluding hydrogens is 1050 g/mol. The maximum atomic E-state index is 14.1. The second-order valence-electron chi connectivity index (χ2n) is 22.7. The van der Waals surface area contributed by atoms with Gasteiger partial charge in [-0.1, -0.05) is 98.5 Å². The van der Waals surface area contributed by atoms with E-state index in [0.29, 0.717) is 57.5 Å². The first kappa shape index (κ1) is 54.1. The van der Waals surface area contributed by atoms with E-state index in [1.54, 1.807) is 36.5 Å². The molecule has 8 atom stereocenters. The molecule has 3 aromatic carbocycles. The molecule has 3 amide bonds. The summed E-state index contributed by atoms with van der Waals surface area (Å²) in [5.41, 5.74) is 6.19. The summed E-state index contributed by atoms with van der Waals surface area (Å²) in [5.74, 6) is 1.19. The molecule has 3 aromatic heterocycles. The Morgan fingerprint density at radius 3 is 2.46 bits per heavy atom. The normalized spacial score (nSPS) is 24.2. The number of aromatic nitrogens is 4. The van der Waals surface area contributed by atoms with E-state index >= 15 is 0 Å². The quantitative estimate of drug-likeness (QED) is 0.0787. The van der Waals surface area contributed by atoms with Crippen LogP contribution < -0.4 is 20.8 Å². The molecule has 3 saturated carbocycles. The number of hydrogen-bond acceptors (Lipinski definition) is 13. The molecule has 3 N–H and O–H groups in total. The molecule has 1 unspecified atom stereocenters. The predicted octanol–water partition coefficient (Wildman–Crippen LogP) is 8.51. The largest absolute Gasteiger partial charge is 0.495 e. The smallest absolute Gasteiger partial charge is 0.490 e. The number of carbonyl (C=O) groups is 3. The minimum absolute atomic E-state index is 0.0291. The van der Waals surface area contributed by atoms with Crippen LogP contribution in [0.15, 0.2) is 82.3 Å². The molecule has 6 aliphatic rings. The van der Waals surface area contributed by atoms with Crippen LogP contribution in [-0.2, 0) is 36.7 Å². The number of halogens is 2. The van der Waals surface area contributed by atoms with Gasteiger partial charge in [-0.15, -0.1) is 21.5 Å². The van der Waals surface area contributed by atoms with Crippen LogP contribution in [0.1, 0.15) is 121 Å². The third-order valence-corrected chi connectivity index (χ3v) is 18.8. The van der Waals surface area contributed by atoms with Gasteiger partial charge in [0.15, 0.2) is 5.82 Å². The van der Waals surface area contributed by atoms with Gasteiger partial charge < -0.3 is 39.2 Å². The Morgan fingerprint density at radius 1 is 0.949 bits per heavy atom. The fraction of sp³-hybridized carbons (Fsp3) is 0.466. The van der Waals surface area contributed by atoms with Crippen molar-refractivity contribution in [3.63, 3.8) is 0 Å². The number of aryl methyl sites for hydroxylation is 3. The molecule has 3 aliphatic heterocycles. The molecule has 0 spiro atoms. The third kappa shape index (κ3) is 9.88. The molecular formula is C58H65BCl2N8O8S. The standard InChI is InChI=1S/C58H65BCl2N8O8S/c1-30(2)50(46-21-31(3)67-76-46)55(73)68-28-41(70)25-44(68)54(72)63-27-37-15-18-40(61)24-45(37)74-29-58-47-22-38(57(47,7)8)23-48(58)75-59(77-58)42-12-10-9-11-35(42)19-20-62-49(71)26-43-53-66-65-34(6)69(53)56-51(32(4)33(5)78-56)52(64-43)36-13-16-39(60)17-14-36/h9-18,21,24,30,38,41,43-44,47-48,50,70H,19-20,22-23,25-29H2,1-8H3,(H,62,71)(H,63,72)/t38-,41-,43+,44+,47-,48+,50?,58-/m1/s1. The number of hydrogen-bond donors (Lipinski definition) is 3. The number of thiophene rings is 1. The van der Waals surface area contributed by atoms with E-state index < -0.39 is 36.8 Å². The van der Waals surface area contributed by atoms with Crippen LogP contribution in [0, 0.1) is 50.9 Å². The number of likely N-dealkylation sites (tertiary alicyclic amines) is 1. The maximum Gasteiger partial charge on any atom is 0.495 e. The molecule has 16 nitrogen and oxygen atoms in total. The summed E-state index contributed by atoms with van der Waals surface area (Å²) in [4.78, 5) is 50.1. The van der Waals surface area contributed by atoms with Crippen molar-refractivity contribution in [1.82, 2.24) is 35.5 Å². The monoisotopic (exact) mass is 1110 g/mol. The maximum absolute atomic E-state index is 14.1. The van der Waals surface area contributed by atoms with Crippen molar-refractivity contribution in [3.8, 4) is 10.8 Å². The zero-order chi connectivity index (χ0) is 54.9. The second kappa shape index (κ2) is 21.3. The lowest BCUT2D eigenvalue weighted by Crippen LogP contribution is -2.68. The lowest BCUT2D eigenvalue weighted by atomic mass is 9.43. The zero-order valence-corrected chi connectivity index (χ0v) is 47.5. The number of aliphatic hydroxyl groups is 1. The summed E-state index contributed by atoms with van der Waals surface area (Å²) in [7, 11) is -0.691. The predicted molar refractivity (Wildman–Crippen MR) is 299 cm³/mol. The van der Waals surface area contributed by atoms with Crippen molar-refractivity contribution in [3.05, 3.63) is 139 Å². The number of aliphatic hydroxyl groups excluding tert-OH is 1. The van der Waals surface area contributed by atoms with Crippen LogP contribution in [-0.4, -0.2) is 104 Å². The fourth-order valence-electron chi connectivity index (χ4n) is 12.8. The minimum Gasteiger partial charge on any atom is -0.490 e. The van der Waals surface area contributed by atoms with Crippen LogP contribution in [0.3, 0.4) is 0 Å². The van der Waals surface area contributed by atoms with Gasteiger partial charge in [-0.3, -0.25) is 23.9 Å². The first-order valence-corrected chi connectivity index (χ1v) is 28.5. The van der Waals surface area contributed by atoms with Crippen LogP contribution in [0.25, 0.3) is 5.00 Å². The molecule has 78 heavy (non-hydrogen) atoms. The van der Waals surface area contributed by atoms with Gasteiger partial charge in [0, 0.05) is 63.7 Å². The number of nitrogens with one attached hydrogen (secondary N) is 2. The number of fused-ring (bicyclic) bond motifs is 3. The first-order valence-electron chi connectivity index (χ1n) is 27.0. The average Bonchev–Trinajstić information content (AvgIpc) is 4.10. The van der Waals surface area contributed by atoms with Crippen molar-refractivity contribution in [2.24, 2.45) is 28.2 Å². The topological polar surface area (TPSA) is 196 Å². The SMILES string of the molecule is Cc1cc(C(C(=O)N2C[C@H](O)C[C@H]2C(=O)NCc2ccc(Cl)cc2OC[C@]23OB(c4ccccc4CCNC(=O)C[C@@H]4N=C(c5ccc(Cl)cc5)c5c(sc(C)c5C)-n5c(C)nnc54)O[C@H]2C[C@H]2C[C@@H]3C2(C)C)C(C)C)on1. The van der Waals surface area contributed by atoms with Gasteiger partial charge >= 0.3 is 7.12 Å². The van der Waals surface area contributed by atoms with Gasteiger partial charge in [0.05, 0.1) is 30.0 Å². The highest BCUT2D eigenvalue weighted by Crippen LogP contribution is 2.66. The third-order valence-electron chi connectivity index (χ3n) is 17.2. The summed E-state index contributed by atoms with van der Waals surface area (Å²) in [5, 5.41) is 32.1. The summed E-state index contributed by atoms with van der Waals surface area (Å²) < 4.78 is 28.6. The molecule has 12 rings (SSSR count). The Morgan fingerprint density at radius 2 is 1.72 bits per heavy atom. The minimum atomic E-state index is -0.890. The van der Waals surface area contributed by atoms with Crippen LogP contribution in [0.4, 0.5) is 0 Å². The van der Waals surface area contributed by atoms with E-state index in [-0.39, 0.29) is 73.6 Å². The average molecular weight is 1120 g/mol. The summed E-state index contributed by atoms with van der Waals surface area (Å²) >= 11 is 14.6. The van der Waals surface area contributed by atoms with E-state index in [1.807, 2.05) is 73.9 Å². The fourth-order valence-corrected chi connectivity index (χ4v) is 14.3. The molecule has 5 fully saturated rings. The highest BCUT2D eigenvalue weighted by molar-refractivity contribution is 7.15. The number of ether oxygens (including phenoxy) is 1. The Labute approximate surface area is 468 Å². The van der Waals surface area contributed by atoms with Crippen LogP contribution >= 0.6 is 34.5 Å². The first-order chi connectivity index (χ1) is 37.3. The zero-order valence-electron chi connectivity index (χ0n) is 45.1. The van der Waals surface area contributed by atoms with Gasteiger partial charge in [-0.05, 0) is 111 Å². The Kier molecular flexibility index (Phi) is 14.8. The van der Waals surface area contributed by atoms with Crippen molar-refractivity contribution in [1.29, 1.82) is 0 Å². The molecule has 0 radical (unpaired) electrons. The van der Waals surface area contributed by atoms with Gasteiger partial charge in [0.25, 0.3) is 0 Å². The number of benzene rings is 3. The lowest BCUT2D eigenvalue weighted by Gasteiger charge is -2.65. The Bertz CT molecular complexity index is 3320. The lowest BCUT2D eigenvalue weighted by molar-refractivity contribution is -0.217. The van der Waals surface area contributed by atoms with Gasteiger partial charge in [0.1, 0.15) is 52.5 Å². The van der Waals surface area contributed by atoms with E-state index in [2.05, 4.69) is 59.7 Å². The van der Waals surface area contributed by atoms with Crippen molar-refractivity contribution >= 4 is 70.6 Å². The number of aliphatic imine (C=N–C) groups is 1. The number of amides is 3. The van der Waals surface area contributed by atoms with Gasteiger partial charge in [-0.25, -0.2) is 0 Å². The molecule has 6 aromatic rings. The van der Waals surface area contributed by atoms with Crippen molar-refractivity contribution < 1.29 is 38.1 Å². The summed E-state index contributed by atoms with van der Waals surface area (Å²) in [6, 6.07) is 21.3. The Hall–Kier alpha value is -5.89. The molecule has 3 aliphatic carbocycles. The van der Waals surface area contributed by atoms with E-state index in [0.717, 1.165) is 57.1 Å². The van der Waals surface area contributed by atoms with Crippen LogP contribution in [0.2, 0.25) is 10.0 Å². The van der Waals surface area contributed by atoms with Gasteiger partial charge in [-0.2, -0.15) is 0 Å². The highest BCUT2D eigenvalue weighted by atomic mass is 35.5. The van der Waals surface area contributed by atoms with E-state index in [1.165, 1.54) is 9.78 Å². The molecule has 2 bridgehead atoms. The number of rotatable bonds is 16. The van der Waals surface area contributed by atoms with Crippen LogP contribution in [0.5, 0.6) is 5.75 Å². The summed E-state index contributed by atoms with van der Waals surface area (Å²) in [6.45, 7) is 17.0. The van der Waals surface area contributed by atoms with Crippen molar-refractivity contribution in [2.75, 3.05) is 19.7 Å². The second-order valence-corrected chi connectivity index (χ2v) is 24.8. The van der Waals surface area contributed by atoms with E-state index in [9.17, 15) is 19.5 Å². The number of β-amino-alcohol motifs (C(OH)–C–C–N with tert-alkyl or cyclic N) is 1. The number of carbonyl (C=O) groups excluding carboxylic acids is 3. The van der Waals surface area contributed by atoms with Crippen molar-refractivity contribution in [2.45, 2.75) is 130 Å². The molecule has 6 heterocycles. The Balaban J connectivity index is 0.775. The van der Waals surface area contributed by atoms with E-state index in [4.69, 9.17) is 46.8 Å². The molecule has 408 valence electrons. The molecule has 2 saturated heterocycles. The summed E-state index contributed by atoms with van der Waals surface area (Å²) in [6.07, 6.45) is 1.35. The molecule has 20 heteroatoms. The highest BCUT2D eigenvalue weighted by Gasteiger charge is 2.70.